The topological polar surface area (TPSA) is 57.7 Å². The van der Waals surface area contributed by atoms with E-state index in [1.54, 1.807) is 0 Å². The Bertz CT molecular complexity index is 262. The predicted molar refractivity (Wildman–Crippen MR) is 43.8 cm³/mol. The van der Waals surface area contributed by atoms with Gasteiger partial charge in [-0.2, -0.15) is 17.0 Å². The molecule has 1 aliphatic heterocycles. The van der Waals surface area contributed by atoms with Crippen LogP contribution < -0.4 is 0 Å². The van der Waals surface area contributed by atoms with E-state index in [2.05, 4.69) is 0 Å². The van der Waals surface area contributed by atoms with Crippen molar-refractivity contribution in [2.45, 2.75) is 6.42 Å². The van der Waals surface area contributed by atoms with Gasteiger partial charge in [0.15, 0.2) is 0 Å². The molecule has 0 aromatic heterocycles. The van der Waals surface area contributed by atoms with Crippen LogP contribution in [0.4, 0.5) is 0 Å². The van der Waals surface area contributed by atoms with Crippen LogP contribution in [-0.2, 0) is 15.0 Å². The quantitative estimate of drug-likeness (QED) is 0.531. The first-order valence-electron chi connectivity index (χ1n) is 3.74. The number of aldehydes is 1. The average molecular weight is 192 g/mol. The third-order valence-corrected chi connectivity index (χ3v) is 3.83. The number of carbonyl (C=O) groups is 1. The Morgan fingerprint density at radius 1 is 1.42 bits per heavy atom. The van der Waals surface area contributed by atoms with Crippen LogP contribution in [0.15, 0.2) is 0 Å². The summed E-state index contributed by atoms with van der Waals surface area (Å²) < 4.78 is 25.2. The number of hydrogen-bond donors (Lipinski definition) is 0. The van der Waals surface area contributed by atoms with Gasteiger partial charge in [0.2, 0.25) is 0 Å². The first-order valence-corrected chi connectivity index (χ1v) is 5.14. The molecule has 0 radical (unpaired) electrons. The van der Waals surface area contributed by atoms with Gasteiger partial charge in [-0.3, -0.25) is 0 Å². The molecule has 1 heterocycles. The van der Waals surface area contributed by atoms with Crippen LogP contribution in [0.2, 0.25) is 0 Å². The predicted octanol–water partition coefficient (Wildman–Crippen LogP) is -0.932. The van der Waals surface area contributed by atoms with Crippen molar-refractivity contribution in [3.8, 4) is 0 Å². The molecular formula is C6H12N2O3S. The second-order valence-corrected chi connectivity index (χ2v) is 4.74. The van der Waals surface area contributed by atoms with Gasteiger partial charge in [0.1, 0.15) is 6.29 Å². The van der Waals surface area contributed by atoms with Gasteiger partial charge in [0.25, 0.3) is 10.2 Å². The SMILES string of the molecule is CN1CCCN(CC=O)S1(=O)=O. The highest BCUT2D eigenvalue weighted by molar-refractivity contribution is 7.86. The lowest BCUT2D eigenvalue weighted by atomic mass is 10.4. The highest BCUT2D eigenvalue weighted by Gasteiger charge is 2.29. The van der Waals surface area contributed by atoms with Crippen LogP contribution in [0.25, 0.3) is 0 Å². The number of rotatable bonds is 2. The molecule has 0 N–H and O–H groups in total. The molecule has 6 heteroatoms. The van der Waals surface area contributed by atoms with E-state index in [9.17, 15) is 13.2 Å². The summed E-state index contributed by atoms with van der Waals surface area (Å²) in [7, 11) is -1.81. The van der Waals surface area contributed by atoms with Crippen LogP contribution >= 0.6 is 0 Å². The van der Waals surface area contributed by atoms with Gasteiger partial charge in [0.05, 0.1) is 6.54 Å². The van der Waals surface area contributed by atoms with E-state index < -0.39 is 10.2 Å². The summed E-state index contributed by atoms with van der Waals surface area (Å²) in [5.74, 6) is 0. The fourth-order valence-corrected chi connectivity index (χ4v) is 2.53. The molecule has 0 atom stereocenters. The molecule has 0 aromatic rings. The fourth-order valence-electron chi connectivity index (χ4n) is 1.17. The standard InChI is InChI=1S/C6H12N2O3S/c1-7-3-2-4-8(5-6-9)12(7,10)11/h6H,2-5H2,1H3. The Labute approximate surface area is 72.1 Å². The summed E-state index contributed by atoms with van der Waals surface area (Å²) in [5.41, 5.74) is 0. The molecule has 0 aromatic carbocycles. The number of carbonyl (C=O) groups excluding carboxylic acids is 1. The van der Waals surface area contributed by atoms with E-state index in [-0.39, 0.29) is 6.54 Å². The van der Waals surface area contributed by atoms with E-state index >= 15 is 0 Å². The zero-order valence-electron chi connectivity index (χ0n) is 6.93. The molecule has 0 unspecified atom stereocenters. The Kier molecular flexibility index (Phi) is 2.81. The van der Waals surface area contributed by atoms with Crippen molar-refractivity contribution in [1.82, 2.24) is 8.61 Å². The van der Waals surface area contributed by atoms with E-state index in [1.165, 1.54) is 15.7 Å². The Morgan fingerprint density at radius 3 is 2.67 bits per heavy atom. The third-order valence-electron chi connectivity index (χ3n) is 1.88. The van der Waals surface area contributed by atoms with E-state index in [1.807, 2.05) is 0 Å². The molecule has 1 fully saturated rings. The van der Waals surface area contributed by atoms with Crippen molar-refractivity contribution in [2.24, 2.45) is 0 Å². The van der Waals surface area contributed by atoms with E-state index in [4.69, 9.17) is 0 Å². The zero-order chi connectivity index (χ0) is 9.19. The Balaban J connectivity index is 2.79. The largest absolute Gasteiger partial charge is 0.302 e. The molecule has 0 amide bonds. The minimum Gasteiger partial charge on any atom is -0.302 e. The van der Waals surface area contributed by atoms with E-state index in [0.717, 1.165) is 6.42 Å². The first kappa shape index (κ1) is 9.63. The third kappa shape index (κ3) is 1.65. The van der Waals surface area contributed by atoms with Gasteiger partial charge in [-0.1, -0.05) is 0 Å². The number of nitrogens with zero attached hydrogens (tertiary/aromatic N) is 2. The van der Waals surface area contributed by atoms with Gasteiger partial charge in [0, 0.05) is 20.1 Å². The highest BCUT2D eigenvalue weighted by Crippen LogP contribution is 2.12. The van der Waals surface area contributed by atoms with Crippen molar-refractivity contribution < 1.29 is 13.2 Å². The summed E-state index contributed by atoms with van der Waals surface area (Å²) in [6.07, 6.45) is 1.39. The second kappa shape index (κ2) is 3.51. The van der Waals surface area contributed by atoms with Crippen LogP contribution in [0.3, 0.4) is 0 Å². The molecule has 0 bridgehead atoms. The molecule has 12 heavy (non-hydrogen) atoms. The molecule has 0 aliphatic carbocycles. The Morgan fingerprint density at radius 2 is 2.08 bits per heavy atom. The minimum atomic E-state index is -3.33. The lowest BCUT2D eigenvalue weighted by molar-refractivity contribution is -0.108. The van der Waals surface area contributed by atoms with Crippen LogP contribution in [0, 0.1) is 0 Å². The summed E-state index contributed by atoms with van der Waals surface area (Å²) in [6, 6.07) is 0. The van der Waals surface area contributed by atoms with Gasteiger partial charge in [-0.15, -0.1) is 0 Å². The summed E-state index contributed by atoms with van der Waals surface area (Å²) in [6.45, 7) is 0.954. The summed E-state index contributed by atoms with van der Waals surface area (Å²) >= 11 is 0. The van der Waals surface area contributed by atoms with E-state index in [0.29, 0.717) is 19.4 Å². The lowest BCUT2D eigenvalue weighted by Gasteiger charge is -2.30. The lowest BCUT2D eigenvalue weighted by Crippen LogP contribution is -2.48. The number of hydrogen-bond acceptors (Lipinski definition) is 3. The average Bonchev–Trinajstić information content (AvgIpc) is 2.00. The normalized spacial score (nSPS) is 25.4. The Hall–Kier alpha value is -0.460. The maximum Gasteiger partial charge on any atom is 0.282 e. The molecule has 0 spiro atoms. The smallest absolute Gasteiger partial charge is 0.282 e. The van der Waals surface area contributed by atoms with Gasteiger partial charge in [-0.05, 0) is 6.42 Å². The van der Waals surface area contributed by atoms with Gasteiger partial charge in [-0.25, -0.2) is 0 Å². The van der Waals surface area contributed by atoms with Gasteiger partial charge < -0.3 is 4.79 Å². The van der Waals surface area contributed by atoms with Crippen molar-refractivity contribution in [3.63, 3.8) is 0 Å². The van der Waals surface area contributed by atoms with Crippen LogP contribution in [0.1, 0.15) is 6.42 Å². The maximum absolute atomic E-state index is 11.4. The minimum absolute atomic E-state index is 0.0350. The maximum atomic E-state index is 11.4. The molecule has 70 valence electrons. The van der Waals surface area contributed by atoms with Crippen molar-refractivity contribution in [1.29, 1.82) is 0 Å². The second-order valence-electron chi connectivity index (χ2n) is 2.71. The molecule has 1 rings (SSSR count). The first-order chi connectivity index (χ1) is 5.59. The fraction of sp³-hybridized carbons (Fsp3) is 0.833. The zero-order valence-corrected chi connectivity index (χ0v) is 7.75. The molecule has 0 saturated carbocycles. The monoisotopic (exact) mass is 192 g/mol. The highest BCUT2D eigenvalue weighted by atomic mass is 32.2. The van der Waals surface area contributed by atoms with Gasteiger partial charge >= 0.3 is 0 Å². The summed E-state index contributed by atoms with van der Waals surface area (Å²) in [4.78, 5) is 10.1. The van der Waals surface area contributed by atoms with Crippen LogP contribution in [-0.4, -0.2) is 50.0 Å². The summed E-state index contributed by atoms with van der Waals surface area (Å²) in [5, 5.41) is 0. The molecule has 5 nitrogen and oxygen atoms in total. The van der Waals surface area contributed by atoms with Crippen molar-refractivity contribution in [3.05, 3.63) is 0 Å². The molecule has 1 saturated heterocycles. The van der Waals surface area contributed by atoms with Crippen molar-refractivity contribution >= 4 is 16.5 Å². The molecular weight excluding hydrogens is 180 g/mol. The van der Waals surface area contributed by atoms with Crippen LogP contribution in [0.5, 0.6) is 0 Å². The van der Waals surface area contributed by atoms with Crippen molar-refractivity contribution in [2.75, 3.05) is 26.7 Å². The molecule has 1 aliphatic rings.